The molecule has 0 radical (unpaired) electrons. The van der Waals surface area contributed by atoms with Crippen molar-refractivity contribution in [1.29, 1.82) is 0 Å². The molecule has 0 bridgehead atoms. The summed E-state index contributed by atoms with van der Waals surface area (Å²) in [6, 6.07) is 4.91. The van der Waals surface area contributed by atoms with Gasteiger partial charge >= 0.3 is 0 Å². The number of aromatic amines is 1. The van der Waals surface area contributed by atoms with E-state index in [4.69, 9.17) is 0 Å². The molecule has 0 aliphatic heterocycles. The lowest BCUT2D eigenvalue weighted by atomic mass is 10.0. The van der Waals surface area contributed by atoms with Gasteiger partial charge in [0.1, 0.15) is 5.82 Å². The molecule has 2 aromatic rings. The highest BCUT2D eigenvalue weighted by atomic mass is 15.0. The van der Waals surface area contributed by atoms with E-state index in [-0.39, 0.29) is 0 Å². The fourth-order valence-electron chi connectivity index (χ4n) is 2.15. The average Bonchev–Trinajstić information content (AvgIpc) is 3.05. The van der Waals surface area contributed by atoms with Crippen LogP contribution in [0.15, 0.2) is 31.1 Å². The molecule has 1 aliphatic carbocycles. The van der Waals surface area contributed by atoms with Crippen LogP contribution in [0.3, 0.4) is 0 Å². The van der Waals surface area contributed by atoms with Crippen molar-refractivity contribution < 1.29 is 0 Å². The Morgan fingerprint density at radius 2 is 2.21 bits per heavy atom. The van der Waals surface area contributed by atoms with Crippen molar-refractivity contribution in [2.45, 2.75) is 32.7 Å². The van der Waals surface area contributed by atoms with Gasteiger partial charge < -0.3 is 10.3 Å². The minimum atomic E-state index is 0.625. The first-order valence-electron chi connectivity index (χ1n) is 6.71. The van der Waals surface area contributed by atoms with Crippen LogP contribution in [-0.4, -0.2) is 16.0 Å². The van der Waals surface area contributed by atoms with Crippen molar-refractivity contribution in [2.75, 3.05) is 5.32 Å². The highest BCUT2D eigenvalue weighted by Gasteiger charge is 2.21. The van der Waals surface area contributed by atoms with E-state index in [1.165, 1.54) is 29.5 Å². The highest BCUT2D eigenvalue weighted by molar-refractivity contribution is 5.73. The van der Waals surface area contributed by atoms with Gasteiger partial charge in [-0.3, -0.25) is 0 Å². The minimum absolute atomic E-state index is 0.625. The van der Waals surface area contributed by atoms with Crippen molar-refractivity contribution >= 4 is 11.4 Å². The molecule has 0 amide bonds. The van der Waals surface area contributed by atoms with Crippen molar-refractivity contribution in [3.8, 4) is 11.1 Å². The molecule has 0 spiro atoms. The van der Waals surface area contributed by atoms with Gasteiger partial charge in [0.2, 0.25) is 0 Å². The molecule has 2 aromatic heterocycles. The smallest absolute Gasteiger partial charge is 0.126 e. The Hall–Kier alpha value is -2.03. The summed E-state index contributed by atoms with van der Waals surface area (Å²) in [6.07, 6.45) is 6.49. The quantitative estimate of drug-likeness (QED) is 0.865. The van der Waals surface area contributed by atoms with Gasteiger partial charge in [0.05, 0.1) is 0 Å². The van der Waals surface area contributed by atoms with Gasteiger partial charge in [0.25, 0.3) is 0 Å². The zero-order valence-corrected chi connectivity index (χ0v) is 11.5. The van der Waals surface area contributed by atoms with E-state index in [1.807, 2.05) is 19.3 Å². The summed E-state index contributed by atoms with van der Waals surface area (Å²) in [5, 5.41) is 3.44. The van der Waals surface area contributed by atoms with Crippen molar-refractivity contribution in [3.05, 3.63) is 42.4 Å². The molecule has 2 N–H and O–H groups in total. The topological polar surface area (TPSA) is 40.7 Å². The first kappa shape index (κ1) is 12.0. The van der Waals surface area contributed by atoms with E-state index in [2.05, 4.69) is 40.9 Å². The molecule has 3 nitrogen and oxygen atoms in total. The summed E-state index contributed by atoms with van der Waals surface area (Å²) < 4.78 is 0. The van der Waals surface area contributed by atoms with Crippen molar-refractivity contribution in [3.63, 3.8) is 0 Å². The van der Waals surface area contributed by atoms with E-state index < -0.39 is 0 Å². The summed E-state index contributed by atoms with van der Waals surface area (Å²) in [6.45, 7) is 8.07. The molecule has 1 fully saturated rings. The van der Waals surface area contributed by atoms with Crippen LogP contribution in [0.2, 0.25) is 0 Å². The van der Waals surface area contributed by atoms with E-state index in [9.17, 15) is 0 Å². The second-order valence-corrected chi connectivity index (χ2v) is 5.39. The van der Waals surface area contributed by atoms with Crippen molar-refractivity contribution in [2.24, 2.45) is 0 Å². The molecule has 1 saturated carbocycles. The summed E-state index contributed by atoms with van der Waals surface area (Å²) >= 11 is 0. The second-order valence-electron chi connectivity index (χ2n) is 5.39. The predicted octanol–water partition coefficient (Wildman–Crippen LogP) is 3.99. The van der Waals surface area contributed by atoms with Gasteiger partial charge in [-0.1, -0.05) is 6.58 Å². The van der Waals surface area contributed by atoms with Crippen LogP contribution >= 0.6 is 0 Å². The fraction of sp³-hybridized carbons (Fsp3) is 0.312. The highest BCUT2D eigenvalue weighted by Crippen LogP contribution is 2.29. The summed E-state index contributed by atoms with van der Waals surface area (Å²) in [5.74, 6) is 0.973. The number of pyridine rings is 1. The third-order valence-corrected chi connectivity index (χ3v) is 3.49. The number of aryl methyl sites for hydroxylation is 1. The van der Waals surface area contributed by atoms with Crippen LogP contribution < -0.4 is 5.32 Å². The normalized spacial score (nSPS) is 14.4. The van der Waals surface area contributed by atoms with Gasteiger partial charge in [0, 0.05) is 29.7 Å². The van der Waals surface area contributed by atoms with Crippen LogP contribution in [0.4, 0.5) is 5.82 Å². The van der Waals surface area contributed by atoms with Gasteiger partial charge in [-0.2, -0.15) is 0 Å². The molecular formula is C16H19N3. The molecule has 19 heavy (non-hydrogen) atoms. The molecule has 2 heterocycles. The SMILES string of the molecule is C=C(C)c1cc(-c2cc(NC3CC3)ncc2C)c[nH]1. The number of anilines is 1. The third-order valence-electron chi connectivity index (χ3n) is 3.49. The van der Waals surface area contributed by atoms with E-state index in [1.54, 1.807) is 0 Å². The molecule has 1 aliphatic rings. The third kappa shape index (κ3) is 2.55. The van der Waals surface area contributed by atoms with Crippen LogP contribution in [0.5, 0.6) is 0 Å². The molecule has 98 valence electrons. The Balaban J connectivity index is 1.94. The summed E-state index contributed by atoms with van der Waals surface area (Å²) in [4.78, 5) is 7.71. The Morgan fingerprint density at radius 3 is 2.84 bits per heavy atom. The Kier molecular flexibility index (Phi) is 2.90. The van der Waals surface area contributed by atoms with E-state index in [0.717, 1.165) is 17.1 Å². The molecular weight excluding hydrogens is 234 g/mol. The van der Waals surface area contributed by atoms with E-state index in [0.29, 0.717) is 6.04 Å². The molecule has 0 atom stereocenters. The van der Waals surface area contributed by atoms with Gasteiger partial charge in [-0.25, -0.2) is 4.98 Å². The van der Waals surface area contributed by atoms with Crippen LogP contribution in [0.25, 0.3) is 16.7 Å². The largest absolute Gasteiger partial charge is 0.367 e. The van der Waals surface area contributed by atoms with Crippen LogP contribution in [0, 0.1) is 6.92 Å². The van der Waals surface area contributed by atoms with E-state index >= 15 is 0 Å². The Labute approximate surface area is 113 Å². The molecule has 0 saturated heterocycles. The maximum atomic E-state index is 4.45. The molecule has 3 heteroatoms. The van der Waals surface area contributed by atoms with Crippen LogP contribution in [0.1, 0.15) is 31.0 Å². The van der Waals surface area contributed by atoms with Crippen molar-refractivity contribution in [1.82, 2.24) is 9.97 Å². The maximum Gasteiger partial charge on any atom is 0.126 e. The molecule has 3 rings (SSSR count). The second kappa shape index (κ2) is 4.57. The fourth-order valence-corrected chi connectivity index (χ4v) is 2.15. The number of aromatic nitrogens is 2. The minimum Gasteiger partial charge on any atom is -0.367 e. The number of nitrogens with zero attached hydrogens (tertiary/aromatic N) is 1. The maximum absolute atomic E-state index is 4.45. The standard InChI is InChI=1S/C16H19N3/c1-10(2)15-6-12(9-17-15)14-7-16(18-8-11(14)3)19-13-4-5-13/h6-9,13,17H,1,4-5H2,2-3H3,(H,18,19). The zero-order valence-electron chi connectivity index (χ0n) is 11.5. The molecule has 0 unspecified atom stereocenters. The number of hydrogen-bond acceptors (Lipinski definition) is 2. The lowest BCUT2D eigenvalue weighted by Gasteiger charge is -2.08. The number of allylic oxidation sites excluding steroid dienone is 1. The lowest BCUT2D eigenvalue weighted by Crippen LogP contribution is -2.03. The van der Waals surface area contributed by atoms with Gasteiger partial charge in [0.15, 0.2) is 0 Å². The number of nitrogens with one attached hydrogen (secondary N) is 2. The Morgan fingerprint density at radius 1 is 1.42 bits per heavy atom. The van der Waals surface area contributed by atoms with Gasteiger partial charge in [-0.05, 0) is 55.5 Å². The number of rotatable bonds is 4. The number of hydrogen-bond donors (Lipinski definition) is 2. The average molecular weight is 253 g/mol. The first-order chi connectivity index (χ1) is 9.13. The monoisotopic (exact) mass is 253 g/mol. The zero-order chi connectivity index (χ0) is 13.4. The predicted molar refractivity (Wildman–Crippen MR) is 80.1 cm³/mol. The summed E-state index contributed by atoms with van der Waals surface area (Å²) in [5.41, 5.74) is 5.74. The van der Waals surface area contributed by atoms with Crippen LogP contribution in [-0.2, 0) is 0 Å². The molecule has 0 aromatic carbocycles. The summed E-state index contributed by atoms with van der Waals surface area (Å²) in [7, 11) is 0. The first-order valence-corrected chi connectivity index (χ1v) is 6.71. The van der Waals surface area contributed by atoms with Gasteiger partial charge in [-0.15, -0.1) is 0 Å². The Bertz CT molecular complexity index is 621. The number of H-pyrrole nitrogens is 1. The lowest BCUT2D eigenvalue weighted by molar-refractivity contribution is 1.11.